The van der Waals surface area contributed by atoms with Crippen LogP contribution >= 0.6 is 0 Å². The zero-order valence-electron chi connectivity index (χ0n) is 19.3. The van der Waals surface area contributed by atoms with E-state index in [0.29, 0.717) is 18.7 Å². The largest absolute Gasteiger partial charge is 0.353 e. The Morgan fingerprint density at radius 1 is 0.781 bits per heavy atom. The number of carbonyl (C=O) groups excluding carboxylic acids is 1. The zero-order chi connectivity index (χ0) is 22.7. The molecule has 0 bridgehead atoms. The number of aryl methyl sites for hydroxylation is 4. The first-order valence-electron chi connectivity index (χ1n) is 11.1. The van der Waals surface area contributed by atoms with Crippen LogP contribution < -0.4 is 4.90 Å². The molecule has 0 N–H and O–H groups in total. The number of benzene rings is 2. The second-order valence-corrected chi connectivity index (χ2v) is 8.50. The van der Waals surface area contributed by atoms with Gasteiger partial charge in [-0.25, -0.2) is 4.98 Å². The molecule has 0 spiro atoms. The van der Waals surface area contributed by atoms with Crippen LogP contribution in [-0.2, 0) is 0 Å². The van der Waals surface area contributed by atoms with Crippen molar-refractivity contribution in [3.63, 3.8) is 0 Å². The molecule has 2 aromatic carbocycles. The number of anilines is 1. The van der Waals surface area contributed by atoms with Gasteiger partial charge in [0.2, 0.25) is 0 Å². The highest BCUT2D eigenvalue weighted by atomic mass is 16.2. The van der Waals surface area contributed by atoms with Gasteiger partial charge in [-0.15, -0.1) is 0 Å². The van der Waals surface area contributed by atoms with Crippen molar-refractivity contribution in [2.75, 3.05) is 31.1 Å². The summed E-state index contributed by atoms with van der Waals surface area (Å²) in [6.07, 6.45) is 1.81. The van der Waals surface area contributed by atoms with E-state index in [4.69, 9.17) is 0 Å². The summed E-state index contributed by atoms with van der Waals surface area (Å²) in [6, 6.07) is 16.1. The van der Waals surface area contributed by atoms with Gasteiger partial charge in [-0.05, 0) is 80.3 Å². The van der Waals surface area contributed by atoms with E-state index in [-0.39, 0.29) is 5.91 Å². The Kier molecular flexibility index (Phi) is 6.28. The van der Waals surface area contributed by atoms with Crippen molar-refractivity contribution in [3.05, 3.63) is 93.7 Å². The summed E-state index contributed by atoms with van der Waals surface area (Å²) in [7, 11) is 0. The molecule has 1 fully saturated rings. The third-order valence-electron chi connectivity index (χ3n) is 6.20. The number of carbonyl (C=O) groups is 1. The summed E-state index contributed by atoms with van der Waals surface area (Å²) >= 11 is 0. The summed E-state index contributed by atoms with van der Waals surface area (Å²) in [5, 5.41) is 0. The Bertz CT molecular complexity index is 1200. The minimum atomic E-state index is 0.0658. The molecular formula is C28H29N3O. The van der Waals surface area contributed by atoms with Crippen LogP contribution in [-0.4, -0.2) is 42.0 Å². The fourth-order valence-corrected chi connectivity index (χ4v) is 3.98. The normalized spacial score (nSPS) is 13.5. The predicted molar refractivity (Wildman–Crippen MR) is 130 cm³/mol. The number of rotatable bonds is 2. The van der Waals surface area contributed by atoms with Crippen LogP contribution in [0.2, 0.25) is 0 Å². The molecule has 0 atom stereocenters. The quantitative estimate of drug-likeness (QED) is 0.562. The van der Waals surface area contributed by atoms with Crippen LogP contribution in [0.3, 0.4) is 0 Å². The van der Waals surface area contributed by atoms with Crippen LogP contribution in [0, 0.1) is 39.5 Å². The molecule has 4 rings (SSSR count). The Morgan fingerprint density at radius 2 is 1.47 bits per heavy atom. The predicted octanol–water partition coefficient (Wildman–Crippen LogP) is 4.68. The smallest absolute Gasteiger partial charge is 0.254 e. The number of piperazine rings is 1. The van der Waals surface area contributed by atoms with Gasteiger partial charge in [0.15, 0.2) is 0 Å². The van der Waals surface area contributed by atoms with Crippen molar-refractivity contribution in [1.29, 1.82) is 0 Å². The molecule has 1 amide bonds. The molecule has 1 saturated heterocycles. The first-order chi connectivity index (χ1) is 15.4. The van der Waals surface area contributed by atoms with E-state index < -0.39 is 0 Å². The molecule has 0 saturated carbocycles. The second-order valence-electron chi connectivity index (χ2n) is 8.50. The van der Waals surface area contributed by atoms with Crippen molar-refractivity contribution in [3.8, 4) is 11.8 Å². The highest BCUT2D eigenvalue weighted by Crippen LogP contribution is 2.18. The van der Waals surface area contributed by atoms with Gasteiger partial charge in [-0.1, -0.05) is 30.0 Å². The molecule has 1 aliphatic heterocycles. The van der Waals surface area contributed by atoms with Crippen LogP contribution in [0.1, 0.15) is 43.7 Å². The van der Waals surface area contributed by atoms with Crippen LogP contribution in [0.4, 0.5) is 5.82 Å². The van der Waals surface area contributed by atoms with E-state index in [1.807, 2.05) is 48.2 Å². The number of hydrogen-bond acceptors (Lipinski definition) is 3. The Hall–Kier alpha value is -3.58. The molecule has 1 aromatic heterocycles. The third kappa shape index (κ3) is 4.68. The Labute approximate surface area is 190 Å². The van der Waals surface area contributed by atoms with Gasteiger partial charge in [0, 0.05) is 49.1 Å². The summed E-state index contributed by atoms with van der Waals surface area (Å²) < 4.78 is 0. The van der Waals surface area contributed by atoms with E-state index in [0.717, 1.165) is 35.6 Å². The lowest BCUT2D eigenvalue weighted by Crippen LogP contribution is -2.49. The summed E-state index contributed by atoms with van der Waals surface area (Å²) in [5.41, 5.74) is 7.41. The molecule has 0 aliphatic carbocycles. The highest BCUT2D eigenvalue weighted by Gasteiger charge is 2.23. The van der Waals surface area contributed by atoms with Crippen molar-refractivity contribution < 1.29 is 4.79 Å². The summed E-state index contributed by atoms with van der Waals surface area (Å²) in [4.78, 5) is 21.7. The maximum atomic E-state index is 13.2. The van der Waals surface area contributed by atoms with Crippen LogP contribution in [0.25, 0.3) is 0 Å². The minimum absolute atomic E-state index is 0.0658. The maximum Gasteiger partial charge on any atom is 0.254 e. The average molecular weight is 424 g/mol. The van der Waals surface area contributed by atoms with Gasteiger partial charge in [0.1, 0.15) is 5.82 Å². The Morgan fingerprint density at radius 3 is 2.16 bits per heavy atom. The number of aromatic nitrogens is 1. The molecule has 0 unspecified atom stereocenters. The summed E-state index contributed by atoms with van der Waals surface area (Å²) in [5.74, 6) is 7.66. The van der Waals surface area contributed by atoms with E-state index in [9.17, 15) is 4.79 Å². The number of hydrogen-bond donors (Lipinski definition) is 0. The third-order valence-corrected chi connectivity index (χ3v) is 6.20. The monoisotopic (exact) mass is 423 g/mol. The number of amides is 1. The van der Waals surface area contributed by atoms with Gasteiger partial charge < -0.3 is 9.80 Å². The molecule has 3 aromatic rings. The van der Waals surface area contributed by atoms with Crippen molar-refractivity contribution in [1.82, 2.24) is 9.88 Å². The van der Waals surface area contributed by atoms with Gasteiger partial charge in [-0.3, -0.25) is 4.79 Å². The molecular weight excluding hydrogens is 394 g/mol. The summed E-state index contributed by atoms with van der Waals surface area (Å²) in [6.45, 7) is 11.3. The van der Waals surface area contributed by atoms with Crippen molar-refractivity contribution in [2.45, 2.75) is 27.7 Å². The lowest BCUT2D eigenvalue weighted by molar-refractivity contribution is 0.0746. The average Bonchev–Trinajstić information content (AvgIpc) is 2.81. The van der Waals surface area contributed by atoms with Gasteiger partial charge in [0.25, 0.3) is 5.91 Å². The molecule has 1 aliphatic rings. The molecule has 4 nitrogen and oxygen atoms in total. The van der Waals surface area contributed by atoms with Gasteiger partial charge >= 0.3 is 0 Å². The van der Waals surface area contributed by atoms with Crippen molar-refractivity contribution in [2.24, 2.45) is 0 Å². The fraction of sp³-hybridized carbons (Fsp3) is 0.286. The first-order valence-corrected chi connectivity index (χ1v) is 11.1. The number of nitrogens with zero attached hydrogens (tertiary/aromatic N) is 3. The SMILES string of the molecule is Cc1cc(C)c(C#Cc2cc(C(=O)N3CCN(c4ccccn4)CC3)ccc2C)cc1C. The Balaban J connectivity index is 1.50. The van der Waals surface area contributed by atoms with Crippen molar-refractivity contribution >= 4 is 11.7 Å². The minimum Gasteiger partial charge on any atom is -0.353 e. The zero-order valence-corrected chi connectivity index (χ0v) is 19.3. The lowest BCUT2D eigenvalue weighted by atomic mass is 10.00. The topological polar surface area (TPSA) is 36.4 Å². The van der Waals surface area contributed by atoms with E-state index in [2.05, 4.69) is 54.6 Å². The van der Waals surface area contributed by atoms with Gasteiger partial charge in [-0.2, -0.15) is 0 Å². The first kappa shape index (κ1) is 21.6. The molecule has 32 heavy (non-hydrogen) atoms. The van der Waals surface area contributed by atoms with Crippen LogP contribution in [0.15, 0.2) is 54.7 Å². The standard InChI is InChI=1S/C28H29N3O/c1-20-8-9-26(19-25(20)11-10-24-18-22(3)21(2)17-23(24)4)28(32)31-15-13-30(14-16-31)27-7-5-6-12-29-27/h5-9,12,17-19H,13-16H2,1-4H3. The molecule has 0 radical (unpaired) electrons. The number of pyridine rings is 1. The van der Waals surface area contributed by atoms with E-state index in [1.54, 1.807) is 6.20 Å². The van der Waals surface area contributed by atoms with Crippen LogP contribution in [0.5, 0.6) is 0 Å². The second kappa shape index (κ2) is 9.28. The fourth-order valence-electron chi connectivity index (χ4n) is 3.98. The lowest BCUT2D eigenvalue weighted by Gasteiger charge is -2.35. The molecule has 2 heterocycles. The molecule has 4 heteroatoms. The van der Waals surface area contributed by atoms with E-state index in [1.165, 1.54) is 16.7 Å². The maximum absolute atomic E-state index is 13.2. The van der Waals surface area contributed by atoms with Gasteiger partial charge in [0.05, 0.1) is 0 Å². The highest BCUT2D eigenvalue weighted by molar-refractivity contribution is 5.95. The van der Waals surface area contributed by atoms with E-state index >= 15 is 0 Å². The molecule has 162 valence electrons.